The van der Waals surface area contributed by atoms with Crippen LogP contribution in [-0.2, 0) is 15.5 Å². The third-order valence-corrected chi connectivity index (χ3v) is 8.35. The van der Waals surface area contributed by atoms with Crippen molar-refractivity contribution in [2.75, 3.05) is 7.11 Å². The van der Waals surface area contributed by atoms with Crippen molar-refractivity contribution in [1.82, 2.24) is 0 Å². The monoisotopic (exact) mass is 500 g/mol. The van der Waals surface area contributed by atoms with Gasteiger partial charge in [0.15, 0.2) is 4.98 Å². The fourth-order valence-corrected chi connectivity index (χ4v) is 6.37. The lowest BCUT2D eigenvalue weighted by atomic mass is 9.73. The molecule has 0 atom stereocenters. The topological polar surface area (TPSA) is 104 Å². The molecular formula is C28H24N2O5S. The Hall–Kier alpha value is -4.09. The van der Waals surface area contributed by atoms with Crippen LogP contribution in [0.3, 0.4) is 0 Å². The van der Waals surface area contributed by atoms with Crippen LogP contribution in [0.5, 0.6) is 17.2 Å². The second kappa shape index (κ2) is 9.17. The van der Waals surface area contributed by atoms with Crippen LogP contribution in [0.2, 0.25) is 0 Å². The molecule has 1 fully saturated rings. The van der Waals surface area contributed by atoms with E-state index in [0.717, 1.165) is 37.0 Å². The molecule has 0 bridgehead atoms. The second-order valence-electron chi connectivity index (χ2n) is 8.94. The van der Waals surface area contributed by atoms with Crippen LogP contribution in [-0.4, -0.2) is 15.5 Å². The first-order valence-corrected chi connectivity index (χ1v) is 13.1. The molecule has 36 heavy (non-hydrogen) atoms. The van der Waals surface area contributed by atoms with E-state index in [1.807, 2.05) is 24.3 Å². The Kier molecular flexibility index (Phi) is 6.02. The highest BCUT2D eigenvalue weighted by Crippen LogP contribution is 2.47. The zero-order valence-corrected chi connectivity index (χ0v) is 20.5. The molecule has 1 aliphatic carbocycles. The maximum Gasteiger partial charge on any atom is 0.378 e. The van der Waals surface area contributed by atoms with Gasteiger partial charge in [-0.15, -0.1) is 0 Å². The van der Waals surface area contributed by atoms with Gasteiger partial charge in [0.2, 0.25) is 5.39 Å². The average Bonchev–Trinajstić information content (AvgIpc) is 3.40. The number of hydrogen-bond donors (Lipinski definition) is 0. The van der Waals surface area contributed by atoms with Gasteiger partial charge >= 0.3 is 15.8 Å². The van der Waals surface area contributed by atoms with Gasteiger partial charge < -0.3 is 14.0 Å². The molecule has 0 N–H and O–H groups in total. The van der Waals surface area contributed by atoms with Gasteiger partial charge in [0.05, 0.1) is 7.11 Å². The van der Waals surface area contributed by atoms with Gasteiger partial charge in [-0.3, -0.25) is 0 Å². The van der Waals surface area contributed by atoms with Crippen molar-refractivity contribution in [3.8, 4) is 17.2 Å². The molecule has 0 spiro atoms. The molecule has 0 aromatic heterocycles. The van der Waals surface area contributed by atoms with Gasteiger partial charge in [-0.05, 0) is 71.5 Å². The quantitative estimate of drug-likeness (QED) is 0.236. The zero-order chi connectivity index (χ0) is 25.3. The molecule has 0 amide bonds. The minimum absolute atomic E-state index is 0.129. The van der Waals surface area contributed by atoms with E-state index in [-0.39, 0.29) is 32.5 Å². The number of benzene rings is 4. The van der Waals surface area contributed by atoms with E-state index in [0.29, 0.717) is 0 Å². The van der Waals surface area contributed by atoms with Gasteiger partial charge in [-0.1, -0.05) is 49.2 Å². The molecule has 4 aromatic carbocycles. The lowest BCUT2D eigenvalue weighted by Gasteiger charge is -2.30. The summed E-state index contributed by atoms with van der Waals surface area (Å²) in [6, 6.07) is 22.4. The Labute approximate surface area is 209 Å². The molecule has 8 heteroatoms. The minimum Gasteiger partial charge on any atom is -0.867 e. The number of diazo groups is 1. The van der Waals surface area contributed by atoms with Gasteiger partial charge in [-0.25, -0.2) is 0 Å². The summed E-state index contributed by atoms with van der Waals surface area (Å²) in [6.07, 6.45) is 4.25. The molecule has 1 aliphatic rings. The number of ether oxygens (including phenoxy) is 1. The average molecular weight is 501 g/mol. The van der Waals surface area contributed by atoms with E-state index in [2.05, 4.69) is 17.1 Å². The van der Waals surface area contributed by atoms with Crippen LogP contribution >= 0.6 is 0 Å². The number of fused-ring (bicyclic) bond motifs is 1. The zero-order valence-electron chi connectivity index (χ0n) is 19.7. The summed E-state index contributed by atoms with van der Waals surface area (Å²) in [5, 5.41) is 21.8. The Morgan fingerprint density at radius 3 is 2.03 bits per heavy atom. The number of methoxy groups -OCH3 is 1. The van der Waals surface area contributed by atoms with E-state index in [4.69, 9.17) is 14.3 Å². The third-order valence-electron chi connectivity index (χ3n) is 7.04. The highest BCUT2D eigenvalue weighted by Gasteiger charge is 2.37. The van der Waals surface area contributed by atoms with Crippen molar-refractivity contribution >= 4 is 26.6 Å². The van der Waals surface area contributed by atoms with Crippen molar-refractivity contribution in [3.63, 3.8) is 0 Å². The first-order chi connectivity index (χ1) is 17.4. The predicted octanol–water partition coefficient (Wildman–Crippen LogP) is 6.03. The lowest BCUT2D eigenvalue weighted by Crippen LogP contribution is -2.23. The highest BCUT2D eigenvalue weighted by atomic mass is 32.2. The lowest BCUT2D eigenvalue weighted by molar-refractivity contribution is -0.264. The Bertz CT molecular complexity index is 1570. The first-order valence-electron chi connectivity index (χ1n) is 11.7. The first kappa shape index (κ1) is 23.6. The molecule has 0 saturated heterocycles. The molecule has 5 rings (SSSR count). The Morgan fingerprint density at radius 2 is 1.44 bits per heavy atom. The van der Waals surface area contributed by atoms with Gasteiger partial charge in [-0.2, -0.15) is 8.42 Å². The standard InChI is InChI=1S/C28H24N2O5S/c1-34-21-11-7-19(8-12-21)28(17-2-3-18-28)20-9-13-22(14-10-20)35-36(32,33)26-6-4-5-24-23(26)15-16-25(30-29)27(24)31/h4-16H,2-3,17-18H2,1H3. The van der Waals surface area contributed by atoms with E-state index < -0.39 is 15.9 Å². The van der Waals surface area contributed by atoms with E-state index in [9.17, 15) is 13.5 Å². The molecule has 0 aliphatic heterocycles. The van der Waals surface area contributed by atoms with Gasteiger partial charge in [0, 0.05) is 16.9 Å². The summed E-state index contributed by atoms with van der Waals surface area (Å²) >= 11 is 0. The summed E-state index contributed by atoms with van der Waals surface area (Å²) < 4.78 is 37.1. The summed E-state index contributed by atoms with van der Waals surface area (Å²) in [7, 11) is -2.58. The van der Waals surface area contributed by atoms with Crippen LogP contribution in [0.4, 0.5) is 5.69 Å². The number of hydrogen-bond acceptors (Lipinski definition) is 6. The SMILES string of the molecule is COc1ccc(C2(c3ccc(OS(=O)(=O)c4cccc5c([O-])c([N+]#N)ccc45)cc3)CCCC2)cc1. The van der Waals surface area contributed by atoms with Crippen molar-refractivity contribution in [2.45, 2.75) is 36.0 Å². The molecular weight excluding hydrogens is 476 g/mol. The third kappa shape index (κ3) is 4.01. The van der Waals surface area contributed by atoms with Crippen molar-refractivity contribution in [1.29, 1.82) is 5.39 Å². The Balaban J connectivity index is 1.46. The predicted molar refractivity (Wildman–Crippen MR) is 135 cm³/mol. The number of rotatable bonds is 6. The molecule has 1 saturated carbocycles. The maximum absolute atomic E-state index is 13.2. The van der Waals surface area contributed by atoms with Gasteiger partial charge in [0.25, 0.3) is 0 Å². The van der Waals surface area contributed by atoms with Crippen molar-refractivity contribution in [2.24, 2.45) is 0 Å². The minimum atomic E-state index is -4.23. The van der Waals surface area contributed by atoms with E-state index in [1.54, 1.807) is 19.2 Å². The number of nitrogens with zero attached hydrogens (tertiary/aromatic N) is 2. The smallest absolute Gasteiger partial charge is 0.378 e. The largest absolute Gasteiger partial charge is 0.867 e. The molecule has 0 heterocycles. The van der Waals surface area contributed by atoms with Crippen LogP contribution in [0.15, 0.2) is 83.8 Å². The van der Waals surface area contributed by atoms with Crippen LogP contribution < -0.4 is 14.0 Å². The highest BCUT2D eigenvalue weighted by molar-refractivity contribution is 7.87. The maximum atomic E-state index is 13.2. The van der Waals surface area contributed by atoms with Crippen LogP contribution in [0.25, 0.3) is 15.7 Å². The van der Waals surface area contributed by atoms with E-state index in [1.165, 1.54) is 35.9 Å². The summed E-state index contributed by atoms with van der Waals surface area (Å²) in [6.45, 7) is 0. The molecule has 4 aromatic rings. The van der Waals surface area contributed by atoms with Crippen molar-refractivity contribution in [3.05, 3.63) is 95.0 Å². The molecule has 0 unspecified atom stereocenters. The van der Waals surface area contributed by atoms with Gasteiger partial charge in [0.1, 0.15) is 16.4 Å². The molecule has 182 valence electrons. The fourth-order valence-electron chi connectivity index (χ4n) is 5.22. The summed E-state index contributed by atoms with van der Waals surface area (Å²) in [4.78, 5) is 2.83. The van der Waals surface area contributed by atoms with E-state index >= 15 is 0 Å². The second-order valence-corrected chi connectivity index (χ2v) is 10.5. The molecule has 7 nitrogen and oxygen atoms in total. The van der Waals surface area contributed by atoms with Crippen LogP contribution in [0, 0.1) is 5.39 Å². The van der Waals surface area contributed by atoms with Crippen molar-refractivity contribution < 1.29 is 22.4 Å². The molecule has 0 radical (unpaired) electrons. The van der Waals surface area contributed by atoms with Crippen LogP contribution in [0.1, 0.15) is 36.8 Å². The fraction of sp³-hybridized carbons (Fsp3) is 0.214. The summed E-state index contributed by atoms with van der Waals surface area (Å²) in [5.41, 5.74) is 2.02. The summed E-state index contributed by atoms with van der Waals surface area (Å²) in [5.74, 6) is 0.431. The normalized spacial score (nSPS) is 14.9. The Morgan fingerprint density at radius 1 is 0.833 bits per heavy atom.